The van der Waals surface area contributed by atoms with Gasteiger partial charge in [-0.15, -0.1) is 0 Å². The van der Waals surface area contributed by atoms with Crippen LogP contribution < -0.4 is 25.2 Å². The molecule has 2 fully saturated rings. The number of ether oxygens (including phenoxy) is 1. The molecule has 2 atom stereocenters. The number of hydrogen-bond donors (Lipinski definition) is 2. The number of hydrogen-bond acceptors (Lipinski definition) is 7. The maximum absolute atomic E-state index is 13.2. The van der Waals surface area contributed by atoms with Crippen LogP contribution in [0.1, 0.15) is 56.3 Å². The van der Waals surface area contributed by atoms with Crippen LogP contribution in [0.2, 0.25) is 0 Å². The first-order valence-electron chi connectivity index (χ1n) is 13.5. The van der Waals surface area contributed by atoms with Crippen LogP contribution >= 0.6 is 0 Å². The fraction of sp³-hybridized carbons (Fsp3) is 0.571. The van der Waals surface area contributed by atoms with E-state index in [4.69, 9.17) is 9.72 Å². The van der Waals surface area contributed by atoms with Crippen LogP contribution in [0.5, 0.6) is 5.75 Å². The molecular weight excluding hydrogens is 506 g/mol. The van der Waals surface area contributed by atoms with E-state index in [0.717, 1.165) is 31.5 Å². The number of benzene rings is 1. The summed E-state index contributed by atoms with van der Waals surface area (Å²) in [5.74, 6) is 0.363. The first kappa shape index (κ1) is 27.1. The Morgan fingerprint density at radius 2 is 2.00 bits per heavy atom. The van der Waals surface area contributed by atoms with E-state index < -0.39 is 17.8 Å². The van der Waals surface area contributed by atoms with Crippen LogP contribution in [0.25, 0.3) is 0 Å². The van der Waals surface area contributed by atoms with Gasteiger partial charge in [-0.25, -0.2) is 13.8 Å². The van der Waals surface area contributed by atoms with Crippen molar-refractivity contribution >= 4 is 35.0 Å². The molecule has 0 bridgehead atoms. The van der Waals surface area contributed by atoms with E-state index >= 15 is 0 Å². The van der Waals surface area contributed by atoms with E-state index in [1.54, 1.807) is 36.3 Å². The summed E-state index contributed by atoms with van der Waals surface area (Å²) in [5.41, 5.74) is 1.03. The second-order valence-electron chi connectivity index (χ2n) is 11.5. The third-order valence-corrected chi connectivity index (χ3v) is 8.13. The Morgan fingerprint density at radius 1 is 1.26 bits per heavy atom. The lowest BCUT2D eigenvalue weighted by Crippen LogP contribution is -2.45. The first-order valence-corrected chi connectivity index (χ1v) is 13.5. The average Bonchev–Trinajstić information content (AvgIpc) is 3.53. The lowest BCUT2D eigenvalue weighted by Gasteiger charge is -2.34. The zero-order valence-electron chi connectivity index (χ0n) is 22.8. The van der Waals surface area contributed by atoms with E-state index in [-0.39, 0.29) is 24.3 Å². The zero-order chi connectivity index (χ0) is 27.9. The van der Waals surface area contributed by atoms with Gasteiger partial charge in [-0.3, -0.25) is 9.59 Å². The van der Waals surface area contributed by atoms with Crippen LogP contribution in [0.3, 0.4) is 0 Å². The molecule has 2 heterocycles. The first-order chi connectivity index (χ1) is 18.6. The molecule has 2 aliphatic carbocycles. The van der Waals surface area contributed by atoms with E-state index in [1.807, 2.05) is 13.8 Å². The van der Waals surface area contributed by atoms with Gasteiger partial charge in [-0.2, -0.15) is 4.98 Å². The van der Waals surface area contributed by atoms with Crippen molar-refractivity contribution in [3.05, 3.63) is 30.0 Å². The third kappa shape index (κ3) is 5.49. The van der Waals surface area contributed by atoms with Crippen LogP contribution in [0.15, 0.2) is 24.4 Å². The molecule has 0 radical (unpaired) electrons. The quantitative estimate of drug-likeness (QED) is 0.503. The predicted molar refractivity (Wildman–Crippen MR) is 145 cm³/mol. The number of carbonyl (C=O) groups is 2. The molecule has 5 rings (SSSR count). The molecule has 1 aromatic heterocycles. The van der Waals surface area contributed by atoms with Crippen molar-refractivity contribution in [2.45, 2.75) is 58.4 Å². The summed E-state index contributed by atoms with van der Waals surface area (Å²) in [6.07, 6.45) is 4.19. The second-order valence-corrected chi connectivity index (χ2v) is 11.5. The normalized spacial score (nSPS) is 22.5. The summed E-state index contributed by atoms with van der Waals surface area (Å²) in [6, 6.07) is 5.25. The maximum atomic E-state index is 13.2. The molecule has 2 amide bonds. The van der Waals surface area contributed by atoms with Crippen molar-refractivity contribution in [2.24, 2.45) is 17.3 Å². The van der Waals surface area contributed by atoms with Gasteiger partial charge in [-0.1, -0.05) is 12.8 Å². The Bertz CT molecular complexity index is 1250. The molecule has 1 aromatic carbocycles. The smallest absolute Gasteiger partial charge is 0.251 e. The van der Waals surface area contributed by atoms with E-state index in [9.17, 15) is 18.4 Å². The molecule has 1 aliphatic heterocycles. The van der Waals surface area contributed by atoms with Crippen LogP contribution in [-0.4, -0.2) is 61.5 Å². The second kappa shape index (κ2) is 10.6. The molecule has 3 aliphatic rings. The fourth-order valence-electron chi connectivity index (χ4n) is 5.72. The maximum Gasteiger partial charge on any atom is 0.251 e. The number of methoxy groups -OCH3 is 1. The van der Waals surface area contributed by atoms with Gasteiger partial charge in [0.25, 0.3) is 5.91 Å². The van der Waals surface area contributed by atoms with E-state index in [2.05, 4.69) is 20.5 Å². The highest BCUT2D eigenvalue weighted by molar-refractivity contribution is 6.01. The molecule has 210 valence electrons. The lowest BCUT2D eigenvalue weighted by molar-refractivity contribution is -0.125. The minimum atomic E-state index is -2.34. The molecule has 0 saturated heterocycles. The molecule has 2 aromatic rings. The van der Waals surface area contributed by atoms with Crippen molar-refractivity contribution in [3.8, 4) is 5.75 Å². The van der Waals surface area contributed by atoms with Crippen molar-refractivity contribution in [2.75, 3.05) is 42.4 Å². The van der Waals surface area contributed by atoms with Crippen molar-refractivity contribution in [1.29, 1.82) is 0 Å². The largest absolute Gasteiger partial charge is 0.495 e. The van der Waals surface area contributed by atoms with Crippen molar-refractivity contribution < 1.29 is 23.1 Å². The summed E-state index contributed by atoms with van der Waals surface area (Å²) in [4.78, 5) is 39.1. The number of carbonyl (C=O) groups excluding carboxylic acids is 2. The number of rotatable bonds is 8. The summed E-state index contributed by atoms with van der Waals surface area (Å²) >= 11 is 0. The number of amides is 2. The van der Waals surface area contributed by atoms with E-state index in [0.29, 0.717) is 47.6 Å². The number of fused-ring (bicyclic) bond motifs is 1. The van der Waals surface area contributed by atoms with Gasteiger partial charge in [0.05, 0.1) is 24.4 Å². The minimum absolute atomic E-state index is 0.0236. The molecule has 2 saturated carbocycles. The molecule has 2 unspecified atom stereocenters. The van der Waals surface area contributed by atoms with Crippen LogP contribution in [-0.2, 0) is 4.79 Å². The molecular formula is C28H36F2N6O3. The summed E-state index contributed by atoms with van der Waals surface area (Å²) < 4.78 is 31.0. The van der Waals surface area contributed by atoms with Crippen LogP contribution in [0, 0.1) is 17.3 Å². The number of nitrogens with one attached hydrogen (secondary N) is 2. The zero-order valence-corrected chi connectivity index (χ0v) is 22.8. The van der Waals surface area contributed by atoms with Crippen molar-refractivity contribution in [1.82, 2.24) is 15.3 Å². The SMILES string of the molecule is COc1cc(C(=O)NCC2CC2C(F)F)ccc1Nc1ncc2c(n1)N(C1CCCC1)CC(C)(C)C(=O)N2C. The van der Waals surface area contributed by atoms with Gasteiger partial charge in [0, 0.05) is 37.7 Å². The van der Waals surface area contributed by atoms with Gasteiger partial charge in [0.15, 0.2) is 5.82 Å². The minimum Gasteiger partial charge on any atom is -0.495 e. The monoisotopic (exact) mass is 542 g/mol. The topological polar surface area (TPSA) is 99.7 Å². The Hall–Kier alpha value is -3.50. The van der Waals surface area contributed by atoms with E-state index in [1.165, 1.54) is 7.11 Å². The summed E-state index contributed by atoms with van der Waals surface area (Å²) in [7, 11) is 3.27. The molecule has 9 nitrogen and oxygen atoms in total. The standard InChI is InChI=1S/C28H36F2N6O3/c1-28(2)15-36(18-7-5-6-8-18)24-21(35(3)26(28)38)14-32-27(34-24)33-20-10-9-16(12-22(20)39-4)25(37)31-13-17-11-19(17)23(29)30/h9-10,12,14,17-19,23H,5-8,11,13,15H2,1-4H3,(H,31,37)(H,32,33,34). The number of halogens is 2. The van der Waals surface area contributed by atoms with Crippen molar-refractivity contribution in [3.63, 3.8) is 0 Å². The molecule has 2 N–H and O–H groups in total. The highest BCUT2D eigenvalue weighted by Crippen LogP contribution is 2.43. The van der Waals surface area contributed by atoms with Gasteiger partial charge in [0.2, 0.25) is 18.3 Å². The lowest BCUT2D eigenvalue weighted by atomic mass is 9.91. The number of anilines is 4. The fourth-order valence-corrected chi connectivity index (χ4v) is 5.72. The van der Waals surface area contributed by atoms with Crippen LogP contribution in [0.4, 0.5) is 31.9 Å². The molecule has 11 heteroatoms. The summed E-state index contributed by atoms with van der Waals surface area (Å²) in [5, 5.41) is 5.95. The van der Waals surface area contributed by atoms with Gasteiger partial charge in [0.1, 0.15) is 11.4 Å². The number of alkyl halides is 2. The van der Waals surface area contributed by atoms with Gasteiger partial charge >= 0.3 is 0 Å². The Balaban J connectivity index is 1.37. The predicted octanol–water partition coefficient (Wildman–Crippen LogP) is 4.61. The summed E-state index contributed by atoms with van der Waals surface area (Å²) in [6.45, 7) is 4.73. The number of aromatic nitrogens is 2. The highest BCUT2D eigenvalue weighted by Gasteiger charge is 2.44. The van der Waals surface area contributed by atoms with Gasteiger partial charge in [-0.05, 0) is 57.2 Å². The average molecular weight is 543 g/mol. The third-order valence-electron chi connectivity index (χ3n) is 8.13. The highest BCUT2D eigenvalue weighted by atomic mass is 19.3. The molecule has 39 heavy (non-hydrogen) atoms. The Labute approximate surface area is 227 Å². The van der Waals surface area contributed by atoms with Gasteiger partial charge < -0.3 is 25.2 Å². The Morgan fingerprint density at radius 3 is 2.67 bits per heavy atom. The Kier molecular flexibility index (Phi) is 7.35. The molecule has 0 spiro atoms. The number of nitrogens with zero attached hydrogens (tertiary/aromatic N) is 4.